The maximum Gasteiger partial charge on any atom is 0.422 e. The van der Waals surface area contributed by atoms with Gasteiger partial charge in [-0.1, -0.05) is 0 Å². The number of ether oxygens (including phenoxy) is 1. The van der Waals surface area contributed by atoms with Gasteiger partial charge in [0.1, 0.15) is 0 Å². The molecule has 0 aliphatic rings. The molecule has 2 rings (SSSR count). The van der Waals surface area contributed by atoms with E-state index >= 15 is 0 Å². The molecule has 1 N–H and O–H groups in total. The minimum atomic E-state index is -4.43. The lowest BCUT2D eigenvalue weighted by molar-refractivity contribution is -0.154. The van der Waals surface area contributed by atoms with Crippen molar-refractivity contribution in [1.29, 1.82) is 0 Å². The van der Waals surface area contributed by atoms with Crippen LogP contribution in [0.1, 0.15) is 28.9 Å². The number of carbonyl (C=O) groups excluding carboxylic acids is 1. The molecule has 0 aromatic carbocycles. The third-order valence-corrected chi connectivity index (χ3v) is 2.94. The second-order valence-corrected chi connectivity index (χ2v) is 4.76. The number of nitrogens with zero attached hydrogens (tertiary/aromatic N) is 2. The summed E-state index contributed by atoms with van der Waals surface area (Å²) >= 11 is 0. The molecule has 0 aliphatic carbocycles. The van der Waals surface area contributed by atoms with Gasteiger partial charge in [0.25, 0.3) is 5.91 Å². The Morgan fingerprint density at radius 3 is 2.52 bits per heavy atom. The highest BCUT2D eigenvalue weighted by Gasteiger charge is 2.28. The lowest BCUT2D eigenvalue weighted by Gasteiger charge is -2.14. The van der Waals surface area contributed by atoms with Crippen LogP contribution in [-0.4, -0.2) is 28.7 Å². The summed E-state index contributed by atoms with van der Waals surface area (Å²) in [6.07, 6.45) is -0.0311. The molecule has 1 unspecified atom stereocenters. The highest BCUT2D eigenvalue weighted by Crippen LogP contribution is 2.17. The number of carbonyl (C=O) groups is 1. The zero-order valence-electron chi connectivity index (χ0n) is 12.2. The standard InChI is InChI=1S/C15H14F3N3O2/c1-10(11-4-6-19-7-5-11)21-14(22)12-2-3-13(20-8-12)23-9-15(16,17)18/h2-8,10H,9H2,1H3,(H,21,22). The van der Waals surface area contributed by atoms with E-state index in [1.807, 2.05) is 6.92 Å². The molecule has 1 atom stereocenters. The Morgan fingerprint density at radius 2 is 1.96 bits per heavy atom. The van der Waals surface area contributed by atoms with Gasteiger partial charge in [0.2, 0.25) is 5.88 Å². The molecular weight excluding hydrogens is 311 g/mol. The van der Waals surface area contributed by atoms with Crippen LogP contribution in [0.5, 0.6) is 5.88 Å². The number of aromatic nitrogens is 2. The van der Waals surface area contributed by atoms with Crippen molar-refractivity contribution in [3.05, 3.63) is 54.0 Å². The summed E-state index contributed by atoms with van der Waals surface area (Å²) < 4.78 is 40.6. The first-order valence-electron chi connectivity index (χ1n) is 6.71. The Hall–Kier alpha value is -2.64. The van der Waals surface area contributed by atoms with Crippen LogP contribution in [0, 0.1) is 0 Å². The maximum absolute atomic E-state index is 12.1. The highest BCUT2D eigenvalue weighted by atomic mass is 19.4. The Bertz CT molecular complexity index is 645. The SMILES string of the molecule is CC(NC(=O)c1ccc(OCC(F)(F)F)nc1)c1ccncc1. The molecule has 0 saturated heterocycles. The second kappa shape index (κ2) is 7.08. The van der Waals surface area contributed by atoms with Crippen LogP contribution in [0.2, 0.25) is 0 Å². The van der Waals surface area contributed by atoms with Gasteiger partial charge in [-0.05, 0) is 30.7 Å². The van der Waals surface area contributed by atoms with E-state index < -0.39 is 12.8 Å². The van der Waals surface area contributed by atoms with E-state index in [-0.39, 0.29) is 23.4 Å². The molecule has 0 aliphatic heterocycles. The summed E-state index contributed by atoms with van der Waals surface area (Å²) in [6.45, 7) is 0.381. The molecule has 2 heterocycles. The van der Waals surface area contributed by atoms with Crippen molar-refractivity contribution in [1.82, 2.24) is 15.3 Å². The Labute approximate surface area is 130 Å². The molecule has 1 amide bonds. The molecule has 0 saturated carbocycles. The third-order valence-electron chi connectivity index (χ3n) is 2.94. The van der Waals surface area contributed by atoms with Gasteiger partial charge in [0, 0.05) is 24.7 Å². The number of alkyl halides is 3. The minimum Gasteiger partial charge on any atom is -0.468 e. The number of amides is 1. The zero-order chi connectivity index (χ0) is 16.9. The predicted octanol–water partition coefficient (Wildman–Crippen LogP) is 2.91. The van der Waals surface area contributed by atoms with Crippen molar-refractivity contribution in [2.24, 2.45) is 0 Å². The minimum absolute atomic E-state index is 0.193. The quantitative estimate of drug-likeness (QED) is 0.918. The number of rotatable bonds is 5. The van der Waals surface area contributed by atoms with E-state index in [1.54, 1.807) is 24.5 Å². The van der Waals surface area contributed by atoms with Crippen LogP contribution in [0.15, 0.2) is 42.9 Å². The maximum atomic E-state index is 12.1. The van der Waals surface area contributed by atoms with E-state index in [2.05, 4.69) is 20.0 Å². The number of pyridine rings is 2. The smallest absolute Gasteiger partial charge is 0.422 e. The monoisotopic (exact) mass is 325 g/mol. The topological polar surface area (TPSA) is 64.1 Å². The van der Waals surface area contributed by atoms with Crippen LogP contribution in [-0.2, 0) is 0 Å². The molecule has 2 aromatic heterocycles. The first-order chi connectivity index (χ1) is 10.8. The van der Waals surface area contributed by atoms with Crippen LogP contribution in [0.25, 0.3) is 0 Å². The molecule has 2 aromatic rings. The summed E-state index contributed by atoms with van der Waals surface area (Å²) in [5, 5.41) is 2.76. The van der Waals surface area contributed by atoms with E-state index in [9.17, 15) is 18.0 Å². The summed E-state index contributed by atoms with van der Waals surface area (Å²) in [6, 6.07) is 5.88. The fourth-order valence-electron chi connectivity index (χ4n) is 1.77. The van der Waals surface area contributed by atoms with E-state index in [0.717, 1.165) is 5.56 Å². The third kappa shape index (κ3) is 5.24. The first-order valence-corrected chi connectivity index (χ1v) is 6.71. The van der Waals surface area contributed by atoms with Crippen molar-refractivity contribution in [2.45, 2.75) is 19.1 Å². The average Bonchev–Trinajstić information content (AvgIpc) is 2.53. The van der Waals surface area contributed by atoms with Gasteiger partial charge in [0.05, 0.1) is 11.6 Å². The number of halogens is 3. The van der Waals surface area contributed by atoms with Gasteiger partial charge < -0.3 is 10.1 Å². The molecule has 5 nitrogen and oxygen atoms in total. The average molecular weight is 325 g/mol. The van der Waals surface area contributed by atoms with Crippen molar-refractivity contribution in [3.63, 3.8) is 0 Å². The van der Waals surface area contributed by atoms with Gasteiger partial charge >= 0.3 is 6.18 Å². The van der Waals surface area contributed by atoms with Crippen LogP contribution in [0.4, 0.5) is 13.2 Å². The Balaban J connectivity index is 1.95. The van der Waals surface area contributed by atoms with E-state index in [4.69, 9.17) is 0 Å². The van der Waals surface area contributed by atoms with Gasteiger partial charge in [-0.15, -0.1) is 0 Å². The molecule has 23 heavy (non-hydrogen) atoms. The summed E-state index contributed by atoms with van der Waals surface area (Å²) in [5.41, 5.74) is 1.11. The van der Waals surface area contributed by atoms with Gasteiger partial charge in [0.15, 0.2) is 6.61 Å². The molecule has 122 valence electrons. The largest absolute Gasteiger partial charge is 0.468 e. The lowest BCUT2D eigenvalue weighted by atomic mass is 10.1. The van der Waals surface area contributed by atoms with Crippen LogP contribution >= 0.6 is 0 Å². The number of hydrogen-bond donors (Lipinski definition) is 1. The summed E-state index contributed by atoms with van der Waals surface area (Å²) in [5.74, 6) is -0.578. The summed E-state index contributed by atoms with van der Waals surface area (Å²) in [7, 11) is 0. The van der Waals surface area contributed by atoms with Gasteiger partial charge in [-0.3, -0.25) is 9.78 Å². The molecule has 0 spiro atoms. The summed E-state index contributed by atoms with van der Waals surface area (Å²) in [4.78, 5) is 19.7. The Kier molecular flexibility index (Phi) is 5.15. The van der Waals surface area contributed by atoms with Crippen molar-refractivity contribution >= 4 is 5.91 Å². The fraction of sp³-hybridized carbons (Fsp3) is 0.267. The lowest BCUT2D eigenvalue weighted by Crippen LogP contribution is -2.26. The number of hydrogen-bond acceptors (Lipinski definition) is 4. The molecule has 8 heteroatoms. The highest BCUT2D eigenvalue weighted by molar-refractivity contribution is 5.94. The predicted molar refractivity (Wildman–Crippen MR) is 75.9 cm³/mol. The normalized spacial score (nSPS) is 12.5. The molecular formula is C15H14F3N3O2. The fourth-order valence-corrected chi connectivity index (χ4v) is 1.77. The molecule has 0 radical (unpaired) electrons. The Morgan fingerprint density at radius 1 is 1.26 bits per heavy atom. The van der Waals surface area contributed by atoms with E-state index in [0.29, 0.717) is 0 Å². The number of nitrogens with one attached hydrogen (secondary N) is 1. The van der Waals surface area contributed by atoms with Crippen molar-refractivity contribution in [2.75, 3.05) is 6.61 Å². The van der Waals surface area contributed by atoms with Crippen LogP contribution in [0.3, 0.4) is 0 Å². The van der Waals surface area contributed by atoms with Crippen LogP contribution < -0.4 is 10.1 Å². The second-order valence-electron chi connectivity index (χ2n) is 4.76. The van der Waals surface area contributed by atoms with E-state index in [1.165, 1.54) is 18.3 Å². The van der Waals surface area contributed by atoms with Gasteiger partial charge in [-0.2, -0.15) is 13.2 Å². The van der Waals surface area contributed by atoms with Gasteiger partial charge in [-0.25, -0.2) is 4.98 Å². The van der Waals surface area contributed by atoms with Crippen molar-refractivity contribution in [3.8, 4) is 5.88 Å². The van der Waals surface area contributed by atoms with Crippen molar-refractivity contribution < 1.29 is 22.7 Å². The zero-order valence-corrected chi connectivity index (χ0v) is 12.2. The first kappa shape index (κ1) is 16.7. The molecule has 0 bridgehead atoms. The molecule has 0 fully saturated rings.